The van der Waals surface area contributed by atoms with Crippen LogP contribution in [0.1, 0.15) is 45.4 Å². The first-order valence-electron chi connectivity index (χ1n) is 7.13. The van der Waals surface area contributed by atoms with Gasteiger partial charge in [0, 0.05) is 19.3 Å². The molecule has 106 valence electrons. The molecule has 0 atom stereocenters. The molecule has 0 spiro atoms. The molecule has 4 nitrogen and oxygen atoms in total. The second-order valence-corrected chi connectivity index (χ2v) is 6.53. The molecular formula is C14H21IN2O2. The predicted molar refractivity (Wildman–Crippen MR) is 84.5 cm³/mol. The van der Waals surface area contributed by atoms with Gasteiger partial charge >= 0.3 is 5.69 Å². The molecule has 1 aliphatic carbocycles. The first kappa shape index (κ1) is 14.8. The van der Waals surface area contributed by atoms with Crippen LogP contribution in [0.4, 0.5) is 0 Å². The Kier molecular flexibility index (Phi) is 5.24. The van der Waals surface area contributed by atoms with Crippen molar-refractivity contribution in [2.24, 2.45) is 5.92 Å². The molecule has 2 rings (SSSR count). The molecule has 0 radical (unpaired) electrons. The first-order chi connectivity index (χ1) is 9.13. The van der Waals surface area contributed by atoms with E-state index >= 15 is 0 Å². The average molecular weight is 376 g/mol. The van der Waals surface area contributed by atoms with Crippen LogP contribution in [0, 0.1) is 9.49 Å². The third-order valence-corrected chi connectivity index (χ3v) is 4.57. The van der Waals surface area contributed by atoms with E-state index in [0.29, 0.717) is 22.6 Å². The zero-order valence-corrected chi connectivity index (χ0v) is 13.6. The highest BCUT2D eigenvalue weighted by atomic mass is 127. The van der Waals surface area contributed by atoms with Gasteiger partial charge in [0.2, 0.25) is 0 Å². The van der Waals surface area contributed by atoms with Gasteiger partial charge in [-0.1, -0.05) is 26.2 Å². The van der Waals surface area contributed by atoms with E-state index in [1.165, 1.54) is 23.8 Å². The van der Waals surface area contributed by atoms with Gasteiger partial charge in [0.1, 0.15) is 0 Å². The Hall–Kier alpha value is -0.590. The van der Waals surface area contributed by atoms with Gasteiger partial charge in [-0.3, -0.25) is 13.9 Å². The lowest BCUT2D eigenvalue weighted by Crippen LogP contribution is -2.42. The zero-order chi connectivity index (χ0) is 13.8. The van der Waals surface area contributed by atoms with Crippen molar-refractivity contribution in [2.45, 2.75) is 58.5 Å². The summed E-state index contributed by atoms with van der Waals surface area (Å²) in [6, 6.07) is 0. The van der Waals surface area contributed by atoms with Crippen LogP contribution in [0.3, 0.4) is 0 Å². The summed E-state index contributed by atoms with van der Waals surface area (Å²) in [6.07, 6.45) is 8.62. The van der Waals surface area contributed by atoms with E-state index in [9.17, 15) is 9.59 Å². The summed E-state index contributed by atoms with van der Waals surface area (Å²) < 4.78 is 3.76. The van der Waals surface area contributed by atoms with Crippen LogP contribution in [0.2, 0.25) is 0 Å². The molecule has 0 aliphatic heterocycles. The minimum atomic E-state index is -0.141. The van der Waals surface area contributed by atoms with Crippen LogP contribution < -0.4 is 11.2 Å². The number of aromatic nitrogens is 2. The molecule has 1 aromatic heterocycles. The van der Waals surface area contributed by atoms with Crippen LogP contribution in [-0.2, 0) is 13.1 Å². The fourth-order valence-corrected chi connectivity index (χ4v) is 3.44. The number of aryl methyl sites for hydroxylation is 1. The van der Waals surface area contributed by atoms with Crippen LogP contribution in [0.5, 0.6) is 0 Å². The van der Waals surface area contributed by atoms with E-state index in [1.54, 1.807) is 10.8 Å². The number of nitrogens with zero attached hydrogens (tertiary/aromatic N) is 2. The van der Waals surface area contributed by atoms with E-state index in [0.717, 1.165) is 19.3 Å². The summed E-state index contributed by atoms with van der Waals surface area (Å²) in [7, 11) is 0. The maximum absolute atomic E-state index is 12.3. The van der Waals surface area contributed by atoms with Gasteiger partial charge in [-0.15, -0.1) is 0 Å². The molecule has 1 aliphatic rings. The molecule has 0 unspecified atom stereocenters. The molecule has 0 N–H and O–H groups in total. The third-order valence-electron chi connectivity index (χ3n) is 3.83. The predicted octanol–water partition coefficient (Wildman–Crippen LogP) is 2.60. The summed E-state index contributed by atoms with van der Waals surface area (Å²) in [6.45, 7) is 3.31. The van der Waals surface area contributed by atoms with Gasteiger partial charge in [0.15, 0.2) is 0 Å². The average Bonchev–Trinajstić information content (AvgIpc) is 2.42. The van der Waals surface area contributed by atoms with Crippen molar-refractivity contribution < 1.29 is 0 Å². The summed E-state index contributed by atoms with van der Waals surface area (Å²) in [5, 5.41) is 0. The van der Waals surface area contributed by atoms with Gasteiger partial charge < -0.3 is 0 Å². The van der Waals surface area contributed by atoms with E-state index in [2.05, 4.69) is 0 Å². The van der Waals surface area contributed by atoms with E-state index in [-0.39, 0.29) is 11.2 Å². The Balaban J connectivity index is 2.32. The molecule has 19 heavy (non-hydrogen) atoms. The Labute approximate surface area is 127 Å². The molecule has 0 aromatic carbocycles. The number of hydrogen-bond donors (Lipinski definition) is 0. The zero-order valence-electron chi connectivity index (χ0n) is 11.4. The monoisotopic (exact) mass is 376 g/mol. The van der Waals surface area contributed by atoms with Crippen molar-refractivity contribution in [1.82, 2.24) is 9.13 Å². The largest absolute Gasteiger partial charge is 0.331 e. The smallest absolute Gasteiger partial charge is 0.299 e. The number of halogens is 1. The fourth-order valence-electron chi connectivity index (χ4n) is 2.81. The van der Waals surface area contributed by atoms with E-state index in [4.69, 9.17) is 0 Å². The normalized spacial score (nSPS) is 16.7. The maximum Gasteiger partial charge on any atom is 0.331 e. The molecule has 1 aromatic rings. The van der Waals surface area contributed by atoms with Gasteiger partial charge in [-0.2, -0.15) is 0 Å². The van der Waals surface area contributed by atoms with Crippen LogP contribution in [-0.4, -0.2) is 9.13 Å². The Morgan fingerprint density at radius 2 is 1.95 bits per heavy atom. The molecule has 1 saturated carbocycles. The van der Waals surface area contributed by atoms with E-state index < -0.39 is 0 Å². The van der Waals surface area contributed by atoms with E-state index in [1.807, 2.05) is 29.5 Å². The van der Waals surface area contributed by atoms with Crippen LogP contribution in [0.25, 0.3) is 0 Å². The standard InChI is InChI=1S/C14H21IN2O2/c1-2-8-16-10-12(15)13(18)17(14(16)19)9-11-6-4-3-5-7-11/h10-11H,2-9H2,1H3. The fraction of sp³-hybridized carbons (Fsp3) is 0.714. The van der Waals surface area contributed by atoms with Crippen molar-refractivity contribution >= 4 is 22.6 Å². The maximum atomic E-state index is 12.3. The highest BCUT2D eigenvalue weighted by Gasteiger charge is 2.17. The lowest BCUT2D eigenvalue weighted by atomic mass is 9.89. The Morgan fingerprint density at radius 1 is 1.26 bits per heavy atom. The van der Waals surface area contributed by atoms with Crippen molar-refractivity contribution in [3.8, 4) is 0 Å². The van der Waals surface area contributed by atoms with Crippen molar-refractivity contribution in [3.63, 3.8) is 0 Å². The van der Waals surface area contributed by atoms with Gasteiger partial charge in [-0.05, 0) is 47.8 Å². The molecule has 1 heterocycles. The molecule has 0 bridgehead atoms. The van der Waals surface area contributed by atoms with Crippen LogP contribution in [0.15, 0.2) is 15.8 Å². The Bertz CT molecular complexity index is 541. The molecule has 0 saturated heterocycles. The van der Waals surface area contributed by atoms with Gasteiger partial charge in [0.25, 0.3) is 5.56 Å². The second kappa shape index (κ2) is 6.72. The highest BCUT2D eigenvalue weighted by molar-refractivity contribution is 14.1. The third kappa shape index (κ3) is 3.49. The topological polar surface area (TPSA) is 44.0 Å². The van der Waals surface area contributed by atoms with Crippen molar-refractivity contribution in [3.05, 3.63) is 30.6 Å². The first-order valence-corrected chi connectivity index (χ1v) is 8.21. The summed E-state index contributed by atoms with van der Waals surface area (Å²) in [5.74, 6) is 0.493. The quantitative estimate of drug-likeness (QED) is 0.759. The number of hydrogen-bond acceptors (Lipinski definition) is 2. The van der Waals surface area contributed by atoms with Crippen LogP contribution >= 0.6 is 22.6 Å². The SMILES string of the molecule is CCCn1cc(I)c(=O)n(CC2CCCCC2)c1=O. The van der Waals surface area contributed by atoms with Crippen molar-refractivity contribution in [2.75, 3.05) is 0 Å². The molecule has 5 heteroatoms. The highest BCUT2D eigenvalue weighted by Crippen LogP contribution is 2.24. The summed E-state index contributed by atoms with van der Waals surface area (Å²) >= 11 is 2.03. The molecule has 0 amide bonds. The summed E-state index contributed by atoms with van der Waals surface area (Å²) in [5.41, 5.74) is -0.263. The summed E-state index contributed by atoms with van der Waals surface area (Å²) in [4.78, 5) is 24.5. The lowest BCUT2D eigenvalue weighted by molar-refractivity contribution is 0.307. The molecule has 1 fully saturated rings. The minimum Gasteiger partial charge on any atom is -0.299 e. The number of rotatable bonds is 4. The lowest BCUT2D eigenvalue weighted by Gasteiger charge is -2.22. The molecular weight excluding hydrogens is 355 g/mol. The second-order valence-electron chi connectivity index (χ2n) is 5.37. The Morgan fingerprint density at radius 3 is 2.58 bits per heavy atom. The van der Waals surface area contributed by atoms with Gasteiger partial charge in [-0.25, -0.2) is 4.79 Å². The van der Waals surface area contributed by atoms with Crippen molar-refractivity contribution in [1.29, 1.82) is 0 Å². The minimum absolute atomic E-state index is 0.122. The van der Waals surface area contributed by atoms with Gasteiger partial charge in [0.05, 0.1) is 3.57 Å².